The van der Waals surface area contributed by atoms with Crippen molar-refractivity contribution in [2.45, 2.75) is 64.9 Å². The molecule has 0 amide bonds. The first-order valence-corrected chi connectivity index (χ1v) is 8.11. The SMILES string of the molecule is CCCNc1nc(OCC)nc(OC2CCCCCC2)n1. The Hall–Kier alpha value is -1.59. The smallest absolute Gasteiger partial charge is 0.324 e. The Balaban J connectivity index is 2.06. The van der Waals surface area contributed by atoms with Gasteiger partial charge in [0.2, 0.25) is 5.95 Å². The lowest BCUT2D eigenvalue weighted by Gasteiger charge is -2.16. The summed E-state index contributed by atoms with van der Waals surface area (Å²) in [6.45, 7) is 5.36. The van der Waals surface area contributed by atoms with Crippen molar-refractivity contribution in [1.82, 2.24) is 15.0 Å². The Morgan fingerprint density at radius 1 is 1.00 bits per heavy atom. The zero-order valence-corrected chi connectivity index (χ0v) is 13.1. The van der Waals surface area contributed by atoms with Gasteiger partial charge in [0.15, 0.2) is 0 Å². The molecule has 0 atom stereocenters. The van der Waals surface area contributed by atoms with Crippen LogP contribution in [0.1, 0.15) is 58.8 Å². The van der Waals surface area contributed by atoms with Crippen molar-refractivity contribution < 1.29 is 9.47 Å². The molecule has 0 aromatic carbocycles. The highest BCUT2D eigenvalue weighted by molar-refractivity contribution is 5.27. The maximum absolute atomic E-state index is 5.96. The molecule has 1 N–H and O–H groups in total. The molecule has 1 aromatic rings. The van der Waals surface area contributed by atoms with Crippen LogP contribution in [0.2, 0.25) is 0 Å². The van der Waals surface area contributed by atoms with E-state index >= 15 is 0 Å². The van der Waals surface area contributed by atoms with E-state index in [0.29, 0.717) is 24.6 Å². The van der Waals surface area contributed by atoms with E-state index in [4.69, 9.17) is 9.47 Å². The Morgan fingerprint density at radius 3 is 2.38 bits per heavy atom. The summed E-state index contributed by atoms with van der Waals surface area (Å²) in [4.78, 5) is 12.8. The lowest BCUT2D eigenvalue weighted by molar-refractivity contribution is 0.164. The summed E-state index contributed by atoms with van der Waals surface area (Å²) in [6.07, 6.45) is 8.40. The minimum atomic E-state index is 0.211. The predicted octanol–water partition coefficient (Wildman–Crippen LogP) is 3.19. The van der Waals surface area contributed by atoms with Crippen LogP contribution >= 0.6 is 0 Å². The van der Waals surface area contributed by atoms with Crippen LogP contribution in [0.3, 0.4) is 0 Å². The second kappa shape index (κ2) is 8.64. The standard InChI is InChI=1S/C15H26N4O2/c1-3-11-16-13-17-14(20-4-2)19-15(18-13)21-12-9-7-5-6-8-10-12/h12H,3-11H2,1-2H3,(H,16,17,18,19). The Kier molecular flexibility index (Phi) is 6.50. The van der Waals surface area contributed by atoms with Gasteiger partial charge in [0, 0.05) is 6.54 Å². The van der Waals surface area contributed by atoms with Crippen molar-refractivity contribution in [2.24, 2.45) is 0 Å². The van der Waals surface area contributed by atoms with Gasteiger partial charge in [-0.25, -0.2) is 0 Å². The fraction of sp³-hybridized carbons (Fsp3) is 0.800. The van der Waals surface area contributed by atoms with Gasteiger partial charge in [0.05, 0.1) is 6.61 Å². The summed E-state index contributed by atoms with van der Waals surface area (Å²) in [5.74, 6) is 0.527. The summed E-state index contributed by atoms with van der Waals surface area (Å²) < 4.78 is 11.4. The molecule has 21 heavy (non-hydrogen) atoms. The average Bonchev–Trinajstić information content (AvgIpc) is 2.74. The lowest BCUT2D eigenvalue weighted by Crippen LogP contribution is -2.18. The van der Waals surface area contributed by atoms with Gasteiger partial charge in [0.25, 0.3) is 0 Å². The van der Waals surface area contributed by atoms with Crippen molar-refractivity contribution in [3.05, 3.63) is 0 Å². The molecule has 0 aliphatic heterocycles. The van der Waals surface area contributed by atoms with Crippen molar-refractivity contribution >= 4 is 5.95 Å². The van der Waals surface area contributed by atoms with Crippen LogP contribution in [0.15, 0.2) is 0 Å². The van der Waals surface area contributed by atoms with E-state index in [1.54, 1.807) is 0 Å². The molecule has 0 saturated heterocycles. The number of hydrogen-bond acceptors (Lipinski definition) is 6. The summed E-state index contributed by atoms with van der Waals surface area (Å²) in [5.41, 5.74) is 0. The molecule has 1 fully saturated rings. The molecular formula is C15H26N4O2. The zero-order chi connectivity index (χ0) is 14.9. The second-order valence-electron chi connectivity index (χ2n) is 5.32. The summed E-state index contributed by atoms with van der Waals surface area (Å²) >= 11 is 0. The normalized spacial score (nSPS) is 16.3. The van der Waals surface area contributed by atoms with Crippen LogP contribution in [0.25, 0.3) is 0 Å². The highest BCUT2D eigenvalue weighted by Gasteiger charge is 2.17. The number of rotatable bonds is 7. The van der Waals surface area contributed by atoms with Gasteiger partial charge in [-0.15, -0.1) is 4.98 Å². The number of nitrogens with one attached hydrogen (secondary N) is 1. The van der Waals surface area contributed by atoms with Crippen molar-refractivity contribution in [3.8, 4) is 12.0 Å². The van der Waals surface area contributed by atoms with Crippen molar-refractivity contribution in [3.63, 3.8) is 0 Å². The minimum Gasteiger partial charge on any atom is -0.464 e. The molecule has 0 unspecified atom stereocenters. The molecular weight excluding hydrogens is 268 g/mol. The highest BCUT2D eigenvalue weighted by atomic mass is 16.5. The molecule has 1 heterocycles. The van der Waals surface area contributed by atoms with E-state index < -0.39 is 0 Å². The third-order valence-corrected chi connectivity index (χ3v) is 3.48. The van der Waals surface area contributed by atoms with Gasteiger partial charge in [0.1, 0.15) is 6.10 Å². The van der Waals surface area contributed by atoms with E-state index in [1.807, 2.05) is 6.92 Å². The molecule has 0 radical (unpaired) electrons. The minimum absolute atomic E-state index is 0.211. The molecule has 1 aliphatic rings. The summed E-state index contributed by atoms with van der Waals surface area (Å²) in [5, 5.41) is 3.16. The summed E-state index contributed by atoms with van der Waals surface area (Å²) in [6, 6.07) is 0.702. The van der Waals surface area contributed by atoms with Crippen LogP contribution in [0.4, 0.5) is 5.95 Å². The lowest BCUT2D eigenvalue weighted by atomic mass is 10.2. The quantitative estimate of drug-likeness (QED) is 0.779. The fourth-order valence-corrected chi connectivity index (χ4v) is 2.41. The van der Waals surface area contributed by atoms with Gasteiger partial charge in [-0.2, -0.15) is 9.97 Å². The van der Waals surface area contributed by atoms with Crippen LogP contribution in [0.5, 0.6) is 12.0 Å². The monoisotopic (exact) mass is 294 g/mol. The average molecular weight is 294 g/mol. The Bertz CT molecular complexity index is 420. The number of nitrogens with zero attached hydrogens (tertiary/aromatic N) is 3. The van der Waals surface area contributed by atoms with Crippen LogP contribution in [-0.2, 0) is 0 Å². The van der Waals surface area contributed by atoms with Gasteiger partial charge in [-0.3, -0.25) is 0 Å². The third kappa shape index (κ3) is 5.36. The van der Waals surface area contributed by atoms with Gasteiger partial charge in [-0.05, 0) is 39.0 Å². The van der Waals surface area contributed by atoms with Gasteiger partial charge in [-0.1, -0.05) is 19.8 Å². The second-order valence-corrected chi connectivity index (χ2v) is 5.32. The van der Waals surface area contributed by atoms with E-state index in [0.717, 1.165) is 25.8 Å². The first kappa shape index (κ1) is 15.8. The Morgan fingerprint density at radius 2 is 1.71 bits per heavy atom. The van der Waals surface area contributed by atoms with E-state index in [-0.39, 0.29) is 6.10 Å². The predicted molar refractivity (Wildman–Crippen MR) is 81.9 cm³/mol. The molecule has 0 bridgehead atoms. The molecule has 1 saturated carbocycles. The number of hydrogen-bond donors (Lipinski definition) is 1. The van der Waals surface area contributed by atoms with Crippen LogP contribution in [-0.4, -0.2) is 34.2 Å². The van der Waals surface area contributed by atoms with E-state index in [9.17, 15) is 0 Å². The van der Waals surface area contributed by atoms with E-state index in [1.165, 1.54) is 25.7 Å². The number of ether oxygens (including phenoxy) is 2. The number of aromatic nitrogens is 3. The van der Waals surface area contributed by atoms with Gasteiger partial charge >= 0.3 is 12.0 Å². The molecule has 6 heteroatoms. The van der Waals surface area contributed by atoms with Gasteiger partial charge < -0.3 is 14.8 Å². The molecule has 0 spiro atoms. The first-order chi connectivity index (χ1) is 10.3. The molecule has 118 valence electrons. The topological polar surface area (TPSA) is 69.2 Å². The van der Waals surface area contributed by atoms with Crippen LogP contribution < -0.4 is 14.8 Å². The van der Waals surface area contributed by atoms with E-state index in [2.05, 4.69) is 27.2 Å². The Labute approximate surface area is 126 Å². The van der Waals surface area contributed by atoms with Crippen molar-refractivity contribution in [1.29, 1.82) is 0 Å². The maximum atomic E-state index is 5.96. The zero-order valence-electron chi connectivity index (χ0n) is 13.1. The maximum Gasteiger partial charge on any atom is 0.324 e. The fourth-order valence-electron chi connectivity index (χ4n) is 2.41. The molecule has 6 nitrogen and oxygen atoms in total. The highest BCUT2D eigenvalue weighted by Crippen LogP contribution is 2.22. The first-order valence-electron chi connectivity index (χ1n) is 8.11. The molecule has 1 aliphatic carbocycles. The van der Waals surface area contributed by atoms with Crippen LogP contribution in [0, 0.1) is 0 Å². The third-order valence-electron chi connectivity index (χ3n) is 3.48. The van der Waals surface area contributed by atoms with Crippen molar-refractivity contribution in [2.75, 3.05) is 18.5 Å². The molecule has 1 aromatic heterocycles. The number of anilines is 1. The molecule has 2 rings (SSSR count). The largest absolute Gasteiger partial charge is 0.464 e. The summed E-state index contributed by atoms with van der Waals surface area (Å²) in [7, 11) is 0.